The summed E-state index contributed by atoms with van der Waals surface area (Å²) in [5.74, 6) is -0.312. The molecule has 0 amide bonds. The van der Waals surface area contributed by atoms with Crippen LogP contribution in [0.25, 0.3) is 16.7 Å². The minimum Gasteiger partial charge on any atom is -0.463 e. The first kappa shape index (κ1) is 16.4. The van der Waals surface area contributed by atoms with Crippen molar-refractivity contribution in [2.24, 2.45) is 0 Å². The SMILES string of the molecule is C=C(C)C(=O)OCC.c1ccc(-n2nc3ccccc3n2)cc1. The highest BCUT2D eigenvalue weighted by Crippen LogP contribution is 2.11. The van der Waals surface area contributed by atoms with E-state index < -0.39 is 0 Å². The van der Waals surface area contributed by atoms with E-state index in [1.54, 1.807) is 18.6 Å². The van der Waals surface area contributed by atoms with Crippen molar-refractivity contribution in [1.29, 1.82) is 0 Å². The maximum atomic E-state index is 10.4. The van der Waals surface area contributed by atoms with Crippen LogP contribution in [0.1, 0.15) is 13.8 Å². The first-order chi connectivity index (χ1) is 11.1. The van der Waals surface area contributed by atoms with Gasteiger partial charge in [-0.2, -0.15) is 4.80 Å². The summed E-state index contributed by atoms with van der Waals surface area (Å²) in [6.07, 6.45) is 0. The van der Waals surface area contributed by atoms with Crippen LogP contribution in [0.3, 0.4) is 0 Å². The number of benzene rings is 2. The lowest BCUT2D eigenvalue weighted by Crippen LogP contribution is -2.03. The number of carbonyl (C=O) groups excluding carboxylic acids is 1. The molecule has 5 heteroatoms. The highest BCUT2D eigenvalue weighted by Gasteiger charge is 2.02. The molecule has 0 N–H and O–H groups in total. The third-order valence-electron chi connectivity index (χ3n) is 2.90. The van der Waals surface area contributed by atoms with Gasteiger partial charge < -0.3 is 4.74 Å². The maximum Gasteiger partial charge on any atom is 0.333 e. The Morgan fingerprint density at radius 1 is 1.04 bits per heavy atom. The summed E-state index contributed by atoms with van der Waals surface area (Å²) in [4.78, 5) is 12.1. The van der Waals surface area contributed by atoms with Gasteiger partial charge in [-0.25, -0.2) is 4.79 Å². The van der Waals surface area contributed by atoms with Crippen LogP contribution < -0.4 is 0 Å². The van der Waals surface area contributed by atoms with Crippen molar-refractivity contribution in [2.75, 3.05) is 6.61 Å². The van der Waals surface area contributed by atoms with E-state index in [1.165, 1.54) is 0 Å². The number of esters is 1. The predicted molar refractivity (Wildman–Crippen MR) is 90.3 cm³/mol. The fourth-order valence-corrected chi connectivity index (χ4v) is 1.79. The van der Waals surface area contributed by atoms with Crippen LogP contribution in [-0.4, -0.2) is 27.6 Å². The minimum absolute atomic E-state index is 0.312. The molecule has 118 valence electrons. The first-order valence-electron chi connectivity index (χ1n) is 7.32. The molecular weight excluding hydrogens is 290 g/mol. The van der Waals surface area contributed by atoms with Crippen molar-refractivity contribution in [3.63, 3.8) is 0 Å². The highest BCUT2D eigenvalue weighted by molar-refractivity contribution is 5.86. The summed E-state index contributed by atoms with van der Waals surface area (Å²) in [7, 11) is 0. The van der Waals surface area contributed by atoms with Crippen molar-refractivity contribution < 1.29 is 9.53 Å². The molecule has 0 aliphatic heterocycles. The molecule has 5 nitrogen and oxygen atoms in total. The molecule has 0 saturated carbocycles. The van der Waals surface area contributed by atoms with E-state index >= 15 is 0 Å². The maximum absolute atomic E-state index is 10.4. The Morgan fingerprint density at radius 3 is 2.00 bits per heavy atom. The second-order valence-corrected chi connectivity index (χ2v) is 4.81. The van der Waals surface area contributed by atoms with Crippen molar-refractivity contribution in [2.45, 2.75) is 13.8 Å². The summed E-state index contributed by atoms with van der Waals surface area (Å²) in [5, 5.41) is 8.78. The van der Waals surface area contributed by atoms with E-state index in [-0.39, 0.29) is 5.97 Å². The van der Waals surface area contributed by atoms with Crippen molar-refractivity contribution in [3.05, 3.63) is 66.7 Å². The van der Waals surface area contributed by atoms with Crippen molar-refractivity contribution >= 4 is 17.0 Å². The first-order valence-corrected chi connectivity index (χ1v) is 7.32. The fourth-order valence-electron chi connectivity index (χ4n) is 1.79. The third-order valence-corrected chi connectivity index (χ3v) is 2.90. The van der Waals surface area contributed by atoms with E-state index in [4.69, 9.17) is 0 Å². The number of ether oxygens (including phenoxy) is 1. The van der Waals surface area contributed by atoms with Gasteiger partial charge in [0.05, 0.1) is 12.3 Å². The number of carbonyl (C=O) groups is 1. The Hall–Kier alpha value is -2.95. The van der Waals surface area contributed by atoms with Crippen LogP contribution in [0.2, 0.25) is 0 Å². The molecule has 0 bridgehead atoms. The Labute approximate surface area is 135 Å². The zero-order valence-electron chi connectivity index (χ0n) is 13.3. The van der Waals surface area contributed by atoms with Crippen molar-refractivity contribution in [1.82, 2.24) is 15.0 Å². The van der Waals surface area contributed by atoms with Gasteiger partial charge >= 0.3 is 5.97 Å². The molecule has 1 aromatic heterocycles. The molecule has 2 aromatic carbocycles. The average molecular weight is 309 g/mol. The Bertz CT molecular complexity index is 761. The molecule has 1 heterocycles. The van der Waals surface area contributed by atoms with Gasteiger partial charge in [0, 0.05) is 5.57 Å². The molecule has 3 aromatic rings. The quantitative estimate of drug-likeness (QED) is 0.548. The smallest absolute Gasteiger partial charge is 0.333 e. The average Bonchev–Trinajstić information content (AvgIpc) is 3.00. The Balaban J connectivity index is 0.000000207. The van der Waals surface area contributed by atoms with Gasteiger partial charge in [-0.3, -0.25) is 0 Å². The van der Waals surface area contributed by atoms with Crippen LogP contribution in [0.5, 0.6) is 0 Å². The number of rotatable bonds is 3. The van der Waals surface area contributed by atoms with Crippen LogP contribution >= 0.6 is 0 Å². The summed E-state index contributed by atoms with van der Waals surface area (Å²) in [6, 6.07) is 17.7. The molecule has 0 unspecified atom stereocenters. The van der Waals surface area contributed by atoms with E-state index in [0.29, 0.717) is 12.2 Å². The number of para-hydroxylation sites is 1. The van der Waals surface area contributed by atoms with E-state index in [0.717, 1.165) is 16.7 Å². The molecule has 0 aliphatic rings. The van der Waals surface area contributed by atoms with Crippen LogP contribution in [0.15, 0.2) is 66.7 Å². The largest absolute Gasteiger partial charge is 0.463 e. The molecule has 0 spiro atoms. The lowest BCUT2D eigenvalue weighted by atomic mass is 10.3. The lowest BCUT2D eigenvalue weighted by molar-refractivity contribution is -0.138. The summed E-state index contributed by atoms with van der Waals surface area (Å²) in [5.41, 5.74) is 3.27. The molecule has 0 radical (unpaired) electrons. The summed E-state index contributed by atoms with van der Waals surface area (Å²) >= 11 is 0. The zero-order chi connectivity index (χ0) is 16.7. The summed E-state index contributed by atoms with van der Waals surface area (Å²) in [6.45, 7) is 7.21. The zero-order valence-corrected chi connectivity index (χ0v) is 13.3. The monoisotopic (exact) mass is 309 g/mol. The van der Waals surface area contributed by atoms with E-state index in [9.17, 15) is 4.79 Å². The molecule has 3 rings (SSSR count). The van der Waals surface area contributed by atoms with Gasteiger partial charge in [0.25, 0.3) is 0 Å². The fraction of sp³-hybridized carbons (Fsp3) is 0.167. The number of nitrogens with zero attached hydrogens (tertiary/aromatic N) is 3. The van der Waals surface area contributed by atoms with Crippen LogP contribution in [0, 0.1) is 0 Å². The van der Waals surface area contributed by atoms with Crippen LogP contribution in [-0.2, 0) is 9.53 Å². The van der Waals surface area contributed by atoms with Gasteiger partial charge in [-0.05, 0) is 38.1 Å². The van der Waals surface area contributed by atoms with E-state index in [2.05, 4.69) is 21.5 Å². The number of fused-ring (bicyclic) bond motifs is 1. The second kappa shape index (κ2) is 7.89. The summed E-state index contributed by atoms with van der Waals surface area (Å²) < 4.78 is 4.56. The Kier molecular flexibility index (Phi) is 5.63. The molecule has 0 atom stereocenters. The topological polar surface area (TPSA) is 57.0 Å². The molecular formula is C18H19N3O2. The minimum atomic E-state index is -0.312. The number of aromatic nitrogens is 3. The predicted octanol–water partition coefficient (Wildman–Crippen LogP) is 3.55. The molecule has 0 fully saturated rings. The number of hydrogen-bond acceptors (Lipinski definition) is 4. The van der Waals surface area contributed by atoms with Gasteiger partial charge in [0.15, 0.2) is 0 Å². The third kappa shape index (κ3) is 4.51. The normalized spacial score (nSPS) is 9.83. The Morgan fingerprint density at radius 2 is 1.57 bits per heavy atom. The van der Waals surface area contributed by atoms with E-state index in [1.807, 2.05) is 54.6 Å². The van der Waals surface area contributed by atoms with Crippen LogP contribution in [0.4, 0.5) is 0 Å². The van der Waals surface area contributed by atoms with Gasteiger partial charge in [0.2, 0.25) is 0 Å². The molecule has 0 saturated heterocycles. The standard InChI is InChI=1S/C12H9N3.C6H10O2/c1-2-6-10(7-3-1)15-13-11-8-4-5-9-12(11)14-15;1-4-8-6(7)5(2)3/h1-9H;2,4H2,1,3H3. The van der Waals surface area contributed by atoms with Crippen molar-refractivity contribution in [3.8, 4) is 5.69 Å². The highest BCUT2D eigenvalue weighted by atomic mass is 16.5. The lowest BCUT2D eigenvalue weighted by Gasteiger charge is -1.96. The van der Waals surface area contributed by atoms with Gasteiger partial charge in [-0.1, -0.05) is 36.9 Å². The molecule has 23 heavy (non-hydrogen) atoms. The van der Waals surface area contributed by atoms with Gasteiger partial charge in [0.1, 0.15) is 11.0 Å². The molecule has 0 aliphatic carbocycles. The second-order valence-electron chi connectivity index (χ2n) is 4.81. The number of hydrogen-bond donors (Lipinski definition) is 0. The van der Waals surface area contributed by atoms with Gasteiger partial charge in [-0.15, -0.1) is 10.2 Å².